The van der Waals surface area contributed by atoms with Crippen LogP contribution in [0.2, 0.25) is 0 Å². The van der Waals surface area contributed by atoms with Gasteiger partial charge in [-0.25, -0.2) is 4.79 Å². The zero-order valence-corrected chi connectivity index (χ0v) is 12.0. The van der Waals surface area contributed by atoms with E-state index in [0.717, 1.165) is 19.1 Å². The molecule has 1 amide bonds. The van der Waals surface area contributed by atoms with Crippen molar-refractivity contribution in [2.24, 2.45) is 5.92 Å². The summed E-state index contributed by atoms with van der Waals surface area (Å²) in [5.41, 5.74) is -1.98. The zero-order valence-electron chi connectivity index (χ0n) is 12.0. The smallest absolute Gasteiger partial charge is 0.337 e. The Bertz CT molecular complexity index is 572. The van der Waals surface area contributed by atoms with Gasteiger partial charge in [0, 0.05) is 12.0 Å². The number of hydrogen-bond acceptors (Lipinski definition) is 4. The van der Waals surface area contributed by atoms with Crippen LogP contribution in [0.5, 0.6) is 0 Å². The Kier molecular flexibility index (Phi) is 4.18. The van der Waals surface area contributed by atoms with E-state index in [1.807, 2.05) is 6.07 Å². The molecule has 1 fully saturated rings. The first-order valence-corrected chi connectivity index (χ1v) is 6.81. The molecule has 114 valence electrons. The van der Waals surface area contributed by atoms with Gasteiger partial charge in [-0.2, -0.15) is 0 Å². The largest absolute Gasteiger partial charge is 0.479 e. The molecule has 1 aliphatic rings. The number of furan rings is 1. The normalized spacial score (nSPS) is 23.8. The number of hydrogen-bond donors (Lipinski definition) is 3. The van der Waals surface area contributed by atoms with Crippen LogP contribution in [0.1, 0.15) is 37.7 Å². The number of carbonyl (C=O) groups excluding carboxylic acids is 1. The summed E-state index contributed by atoms with van der Waals surface area (Å²) in [6.45, 7) is 2.91. The van der Waals surface area contributed by atoms with Gasteiger partial charge in [0.25, 0.3) is 0 Å². The number of amides is 1. The third kappa shape index (κ3) is 3.95. The first-order valence-electron chi connectivity index (χ1n) is 6.81. The lowest BCUT2D eigenvalue weighted by atomic mass is 10.1. The van der Waals surface area contributed by atoms with Crippen LogP contribution in [0.25, 0.3) is 6.08 Å². The van der Waals surface area contributed by atoms with Crippen molar-refractivity contribution in [1.29, 1.82) is 0 Å². The van der Waals surface area contributed by atoms with E-state index in [-0.39, 0.29) is 6.54 Å². The van der Waals surface area contributed by atoms with Crippen molar-refractivity contribution in [2.75, 3.05) is 6.54 Å². The molecule has 1 heterocycles. The molecule has 2 rings (SSSR count). The molecule has 1 aliphatic carbocycles. The first-order chi connectivity index (χ1) is 9.79. The second kappa shape index (κ2) is 5.73. The van der Waals surface area contributed by atoms with Gasteiger partial charge in [-0.15, -0.1) is 0 Å². The number of carboxylic acid groups (broad SMARTS) is 1. The van der Waals surface area contributed by atoms with Gasteiger partial charge < -0.3 is 19.9 Å². The molecule has 21 heavy (non-hydrogen) atoms. The Morgan fingerprint density at radius 1 is 1.52 bits per heavy atom. The number of aliphatic carboxylic acids is 1. The molecule has 0 radical (unpaired) electrons. The predicted octanol–water partition coefficient (Wildman–Crippen LogP) is 1.37. The summed E-state index contributed by atoms with van der Waals surface area (Å²) in [6.07, 6.45) is 3.89. The molecule has 0 bridgehead atoms. The van der Waals surface area contributed by atoms with E-state index in [0.29, 0.717) is 17.6 Å². The highest BCUT2D eigenvalue weighted by atomic mass is 16.4. The third-order valence-corrected chi connectivity index (χ3v) is 3.59. The number of rotatable bonds is 6. The summed E-state index contributed by atoms with van der Waals surface area (Å²) in [4.78, 5) is 22.2. The van der Waals surface area contributed by atoms with Gasteiger partial charge in [0.1, 0.15) is 11.5 Å². The van der Waals surface area contributed by atoms with Crippen molar-refractivity contribution in [1.82, 2.24) is 5.32 Å². The average Bonchev–Trinajstić information content (AvgIpc) is 2.97. The van der Waals surface area contributed by atoms with Gasteiger partial charge in [-0.1, -0.05) is 6.92 Å². The summed E-state index contributed by atoms with van der Waals surface area (Å²) in [5, 5.41) is 20.5. The summed E-state index contributed by atoms with van der Waals surface area (Å²) in [5.74, 6) is 0.747. The molecule has 6 heteroatoms. The van der Waals surface area contributed by atoms with E-state index in [1.54, 1.807) is 6.07 Å². The van der Waals surface area contributed by atoms with Gasteiger partial charge in [0.2, 0.25) is 5.91 Å². The van der Waals surface area contributed by atoms with Crippen LogP contribution in [0.3, 0.4) is 0 Å². The fourth-order valence-corrected chi connectivity index (χ4v) is 1.93. The maximum Gasteiger partial charge on any atom is 0.337 e. The number of aliphatic hydroxyl groups is 1. The van der Waals surface area contributed by atoms with Crippen LogP contribution in [0, 0.1) is 5.92 Å². The molecule has 3 unspecified atom stereocenters. The quantitative estimate of drug-likeness (QED) is 0.688. The second-order valence-corrected chi connectivity index (χ2v) is 5.69. The molecule has 1 aromatic heterocycles. The van der Waals surface area contributed by atoms with Crippen molar-refractivity contribution < 1.29 is 24.2 Å². The molecule has 1 saturated carbocycles. The van der Waals surface area contributed by atoms with Gasteiger partial charge in [0.15, 0.2) is 5.60 Å². The zero-order chi connectivity index (χ0) is 15.6. The van der Waals surface area contributed by atoms with Gasteiger partial charge >= 0.3 is 5.97 Å². The minimum atomic E-state index is -1.98. The van der Waals surface area contributed by atoms with E-state index in [2.05, 4.69) is 12.2 Å². The first kappa shape index (κ1) is 15.3. The van der Waals surface area contributed by atoms with Crippen LogP contribution in [-0.2, 0) is 9.59 Å². The lowest BCUT2D eigenvalue weighted by molar-refractivity contribution is -0.156. The van der Waals surface area contributed by atoms with Crippen LogP contribution in [0.4, 0.5) is 0 Å². The fourth-order valence-electron chi connectivity index (χ4n) is 1.93. The molecule has 0 aromatic carbocycles. The lowest BCUT2D eigenvalue weighted by Crippen LogP contribution is -2.46. The molecule has 6 nitrogen and oxygen atoms in total. The van der Waals surface area contributed by atoms with E-state index < -0.39 is 17.5 Å². The highest BCUT2D eigenvalue weighted by Crippen LogP contribution is 2.47. The van der Waals surface area contributed by atoms with E-state index >= 15 is 0 Å². The third-order valence-electron chi connectivity index (χ3n) is 3.59. The van der Waals surface area contributed by atoms with Gasteiger partial charge in [0.05, 0.1) is 6.54 Å². The number of carbonyl (C=O) groups is 2. The molecular formula is C15H19NO5. The van der Waals surface area contributed by atoms with Gasteiger partial charge in [-0.05, 0) is 37.5 Å². The summed E-state index contributed by atoms with van der Waals surface area (Å²) in [7, 11) is 0. The maximum absolute atomic E-state index is 11.5. The minimum Gasteiger partial charge on any atom is -0.479 e. The lowest BCUT2D eigenvalue weighted by Gasteiger charge is -2.17. The topological polar surface area (TPSA) is 99.8 Å². The van der Waals surface area contributed by atoms with Crippen LogP contribution < -0.4 is 5.32 Å². The second-order valence-electron chi connectivity index (χ2n) is 5.69. The number of carboxylic acids is 1. The molecule has 0 spiro atoms. The molecule has 3 atom stereocenters. The van der Waals surface area contributed by atoms with Crippen molar-refractivity contribution in [3.8, 4) is 0 Å². The molecule has 0 saturated heterocycles. The molecule has 1 aromatic rings. The number of nitrogens with one attached hydrogen (secondary N) is 1. The van der Waals surface area contributed by atoms with Crippen molar-refractivity contribution in [3.63, 3.8) is 0 Å². The Balaban J connectivity index is 1.84. The van der Waals surface area contributed by atoms with Crippen LogP contribution in [-0.4, -0.2) is 34.2 Å². The van der Waals surface area contributed by atoms with E-state index in [1.165, 1.54) is 12.2 Å². The molecule has 0 aliphatic heterocycles. The Hall–Kier alpha value is -2.08. The minimum absolute atomic E-state index is 0.367. The van der Waals surface area contributed by atoms with Crippen molar-refractivity contribution >= 4 is 18.0 Å². The van der Waals surface area contributed by atoms with E-state index in [9.17, 15) is 14.7 Å². The Morgan fingerprint density at radius 3 is 2.76 bits per heavy atom. The SMILES string of the molecule is CC1CC1c1ccc(C=CC(=O)NCC(C)(O)C(=O)O)o1. The van der Waals surface area contributed by atoms with Crippen LogP contribution in [0.15, 0.2) is 22.6 Å². The van der Waals surface area contributed by atoms with E-state index in [4.69, 9.17) is 9.52 Å². The van der Waals surface area contributed by atoms with Crippen LogP contribution >= 0.6 is 0 Å². The molecular weight excluding hydrogens is 274 g/mol. The fraction of sp³-hybridized carbons (Fsp3) is 0.467. The molecule has 3 N–H and O–H groups in total. The summed E-state index contributed by atoms with van der Waals surface area (Å²) < 4.78 is 5.60. The van der Waals surface area contributed by atoms with Crippen molar-refractivity contribution in [3.05, 3.63) is 29.7 Å². The Morgan fingerprint density at radius 2 is 2.19 bits per heavy atom. The highest BCUT2D eigenvalue weighted by Gasteiger charge is 2.36. The summed E-state index contributed by atoms with van der Waals surface area (Å²) in [6, 6.07) is 3.69. The maximum atomic E-state index is 11.5. The standard InChI is InChI=1S/C15H19NO5/c1-9-7-11(9)12-5-3-10(21-12)4-6-13(17)16-8-15(2,20)14(18)19/h3-6,9,11,20H,7-8H2,1-2H3,(H,16,17)(H,18,19). The predicted molar refractivity (Wildman–Crippen MR) is 75.5 cm³/mol. The Labute approximate surface area is 122 Å². The summed E-state index contributed by atoms with van der Waals surface area (Å²) >= 11 is 0. The van der Waals surface area contributed by atoms with Gasteiger partial charge in [-0.3, -0.25) is 4.79 Å². The van der Waals surface area contributed by atoms with Crippen molar-refractivity contribution in [2.45, 2.75) is 31.8 Å². The monoisotopic (exact) mass is 293 g/mol. The highest BCUT2D eigenvalue weighted by molar-refractivity contribution is 5.91. The average molecular weight is 293 g/mol.